The highest BCUT2D eigenvalue weighted by atomic mass is 35.5. The van der Waals surface area contributed by atoms with Crippen molar-refractivity contribution in [2.75, 3.05) is 17.6 Å². The van der Waals surface area contributed by atoms with Gasteiger partial charge in [-0.3, -0.25) is 4.99 Å². The molecule has 1 aliphatic heterocycles. The monoisotopic (exact) mass is 386 g/mol. The van der Waals surface area contributed by atoms with E-state index in [1.807, 2.05) is 25.3 Å². The van der Waals surface area contributed by atoms with E-state index in [4.69, 9.17) is 28.9 Å². The third-order valence-electron chi connectivity index (χ3n) is 3.23. The number of pyridine rings is 1. The lowest BCUT2D eigenvalue weighted by molar-refractivity contribution is 0.747. The zero-order chi connectivity index (χ0) is 16.4. The summed E-state index contributed by atoms with van der Waals surface area (Å²) in [6.07, 6.45) is 4.60. The van der Waals surface area contributed by atoms with Gasteiger partial charge >= 0.3 is 0 Å². The third kappa shape index (κ3) is 4.00. The fourth-order valence-electron chi connectivity index (χ4n) is 2.24. The minimum Gasteiger partial charge on any atom is -0.378 e. The summed E-state index contributed by atoms with van der Waals surface area (Å²) in [4.78, 5) is 9.78. The van der Waals surface area contributed by atoms with Gasteiger partial charge in [0.2, 0.25) is 0 Å². The Morgan fingerprint density at radius 3 is 2.96 bits per heavy atom. The number of nitrogens with zero attached hydrogens (tertiary/aromatic N) is 2. The van der Waals surface area contributed by atoms with Gasteiger partial charge in [-0.15, -0.1) is 23.1 Å². The third-order valence-corrected chi connectivity index (χ3v) is 6.12. The van der Waals surface area contributed by atoms with Crippen LogP contribution in [0.15, 0.2) is 23.3 Å². The zero-order valence-corrected chi connectivity index (χ0v) is 15.6. The molecule has 3 N–H and O–H groups in total. The summed E-state index contributed by atoms with van der Waals surface area (Å²) in [5, 5.41) is 5.53. The van der Waals surface area contributed by atoms with Crippen molar-refractivity contribution in [2.24, 2.45) is 10.7 Å². The molecular weight excluding hydrogens is 371 g/mol. The number of aromatic nitrogens is 1. The molecule has 1 aliphatic rings. The lowest BCUT2D eigenvalue weighted by Crippen LogP contribution is -2.17. The normalized spacial score (nSPS) is 15.7. The van der Waals surface area contributed by atoms with E-state index in [0.29, 0.717) is 16.7 Å². The maximum atomic E-state index is 6.46. The average molecular weight is 387 g/mol. The maximum Gasteiger partial charge on any atom is 0.131 e. The molecule has 0 saturated heterocycles. The Bertz CT molecular complexity index is 783. The topological polar surface area (TPSA) is 63.3 Å². The molecule has 0 fully saturated rings. The fourth-order valence-corrected chi connectivity index (χ4v) is 4.77. The molecule has 2 aromatic rings. The maximum absolute atomic E-state index is 6.46. The molecule has 23 heavy (non-hydrogen) atoms. The molecule has 0 unspecified atom stereocenters. The van der Waals surface area contributed by atoms with Gasteiger partial charge in [-0.05, 0) is 13.3 Å². The number of hydrogen-bond donors (Lipinski definition) is 2. The van der Waals surface area contributed by atoms with Crippen LogP contribution < -0.4 is 11.1 Å². The van der Waals surface area contributed by atoms with E-state index >= 15 is 0 Å². The average Bonchev–Trinajstić information content (AvgIpc) is 2.82. The molecule has 3 rings (SSSR count). The molecule has 0 radical (unpaired) electrons. The molecule has 1 atom stereocenters. The van der Waals surface area contributed by atoms with Crippen molar-refractivity contribution in [2.45, 2.75) is 19.4 Å². The zero-order valence-electron chi connectivity index (χ0n) is 12.5. The number of thiophene rings is 1. The lowest BCUT2D eigenvalue weighted by Gasteiger charge is -2.10. The second kappa shape index (κ2) is 7.40. The van der Waals surface area contributed by atoms with Crippen molar-refractivity contribution in [1.29, 1.82) is 0 Å². The van der Waals surface area contributed by atoms with Crippen LogP contribution in [0.4, 0.5) is 5.69 Å². The Kier molecular flexibility index (Phi) is 5.49. The Hall–Kier alpha value is -0.790. The second-order valence-corrected chi connectivity index (χ2v) is 8.23. The lowest BCUT2D eigenvalue weighted by atomic mass is 10.2. The van der Waals surface area contributed by atoms with Gasteiger partial charge in [0.15, 0.2) is 0 Å². The second-order valence-electron chi connectivity index (χ2n) is 5.26. The summed E-state index contributed by atoms with van der Waals surface area (Å²) in [5.74, 6) is 0.955. The number of anilines is 1. The van der Waals surface area contributed by atoms with Crippen molar-refractivity contribution in [3.63, 3.8) is 0 Å². The predicted octanol–water partition coefficient (Wildman–Crippen LogP) is 4.56. The van der Waals surface area contributed by atoms with Gasteiger partial charge in [0.05, 0.1) is 27.0 Å². The Balaban J connectivity index is 1.92. The number of hydrogen-bond acceptors (Lipinski definition) is 6. The predicted molar refractivity (Wildman–Crippen MR) is 105 cm³/mol. The van der Waals surface area contributed by atoms with Crippen LogP contribution in [0.25, 0.3) is 10.2 Å². The molecule has 0 aliphatic carbocycles. The number of rotatable bonds is 5. The molecule has 4 nitrogen and oxygen atoms in total. The van der Waals surface area contributed by atoms with Crippen LogP contribution in [0.1, 0.15) is 11.8 Å². The summed E-state index contributed by atoms with van der Waals surface area (Å²) in [6, 6.07) is 1.88. The molecule has 0 bridgehead atoms. The summed E-state index contributed by atoms with van der Waals surface area (Å²) in [7, 11) is 0. The van der Waals surface area contributed by atoms with Gasteiger partial charge in [-0.1, -0.05) is 29.3 Å². The molecule has 2 aromatic heterocycles. The summed E-state index contributed by atoms with van der Waals surface area (Å²) in [5.41, 5.74) is 7.57. The Morgan fingerprint density at radius 2 is 2.26 bits per heavy atom. The molecule has 122 valence electrons. The smallest absolute Gasteiger partial charge is 0.131 e. The fraction of sp³-hybridized carbons (Fsp3) is 0.333. The van der Waals surface area contributed by atoms with Crippen molar-refractivity contribution in [3.05, 3.63) is 33.4 Å². The first kappa shape index (κ1) is 17.0. The van der Waals surface area contributed by atoms with Crippen LogP contribution in [0.2, 0.25) is 10.2 Å². The highest BCUT2D eigenvalue weighted by Gasteiger charge is 2.17. The standard InChI is InChI=1S/C15H16Cl2N4S2/c1-8(18)5-10-13(17)14-15(23-10)9(6-11(16)21-14)20-7-12-19-3-2-4-22-12/h2-3,6,8H,4-5,7,18H2,1H3,(H,20,21)/t8-/m0/s1. The molecule has 0 aromatic carbocycles. The van der Waals surface area contributed by atoms with Gasteiger partial charge in [0.25, 0.3) is 0 Å². The first-order chi connectivity index (χ1) is 11.0. The number of nitrogens with one attached hydrogen (secondary N) is 1. The number of nitrogens with two attached hydrogens (primary N) is 1. The SMILES string of the molecule is C[C@H](N)Cc1sc2c(NCC3=NC=CCS3)cc(Cl)nc2c1Cl. The quantitative estimate of drug-likeness (QED) is 0.738. The van der Waals surface area contributed by atoms with Gasteiger partial charge in [-0.2, -0.15) is 0 Å². The van der Waals surface area contributed by atoms with Crippen molar-refractivity contribution >= 4 is 67.2 Å². The molecule has 3 heterocycles. The molecule has 0 spiro atoms. The number of halogens is 2. The Labute approximate surface area is 153 Å². The summed E-state index contributed by atoms with van der Waals surface area (Å²) < 4.78 is 1.01. The van der Waals surface area contributed by atoms with E-state index in [0.717, 1.165) is 38.0 Å². The first-order valence-corrected chi connectivity index (χ1v) is 9.71. The highest BCUT2D eigenvalue weighted by molar-refractivity contribution is 8.14. The van der Waals surface area contributed by atoms with Crippen LogP contribution >= 0.6 is 46.3 Å². The van der Waals surface area contributed by atoms with E-state index in [2.05, 4.69) is 15.3 Å². The number of fused-ring (bicyclic) bond motifs is 1. The molecule has 8 heteroatoms. The van der Waals surface area contributed by atoms with E-state index in [9.17, 15) is 0 Å². The van der Waals surface area contributed by atoms with Crippen molar-refractivity contribution in [1.82, 2.24) is 4.98 Å². The van der Waals surface area contributed by atoms with E-state index in [-0.39, 0.29) is 6.04 Å². The van der Waals surface area contributed by atoms with Gasteiger partial charge in [0.1, 0.15) is 10.7 Å². The van der Waals surface area contributed by atoms with Crippen LogP contribution in [-0.4, -0.2) is 28.4 Å². The minimum absolute atomic E-state index is 0.0484. The van der Waals surface area contributed by atoms with Crippen LogP contribution in [0.3, 0.4) is 0 Å². The van der Waals surface area contributed by atoms with Gasteiger partial charge < -0.3 is 11.1 Å². The van der Waals surface area contributed by atoms with E-state index < -0.39 is 0 Å². The van der Waals surface area contributed by atoms with E-state index in [1.165, 1.54) is 0 Å². The molecule has 0 amide bonds. The van der Waals surface area contributed by atoms with E-state index in [1.54, 1.807) is 23.1 Å². The number of thioether (sulfide) groups is 1. The first-order valence-electron chi connectivity index (χ1n) is 7.16. The van der Waals surface area contributed by atoms with Crippen LogP contribution in [-0.2, 0) is 6.42 Å². The summed E-state index contributed by atoms with van der Waals surface area (Å²) >= 11 is 16.0. The van der Waals surface area contributed by atoms with Crippen molar-refractivity contribution in [3.8, 4) is 0 Å². The molecular formula is C15H16Cl2N4S2. The Morgan fingerprint density at radius 1 is 1.43 bits per heavy atom. The highest BCUT2D eigenvalue weighted by Crippen LogP contribution is 2.40. The molecule has 0 saturated carbocycles. The summed E-state index contributed by atoms with van der Waals surface area (Å²) in [6.45, 7) is 2.62. The number of aliphatic imine (C=N–C) groups is 1. The van der Waals surface area contributed by atoms with Gasteiger partial charge in [-0.25, -0.2) is 4.98 Å². The van der Waals surface area contributed by atoms with Crippen molar-refractivity contribution < 1.29 is 0 Å². The minimum atomic E-state index is 0.0484. The largest absolute Gasteiger partial charge is 0.378 e. The van der Waals surface area contributed by atoms with Crippen LogP contribution in [0, 0.1) is 0 Å². The van der Waals surface area contributed by atoms with Crippen LogP contribution in [0.5, 0.6) is 0 Å². The van der Waals surface area contributed by atoms with Gasteiger partial charge in [0, 0.05) is 28.9 Å².